The Labute approximate surface area is 88.9 Å². The van der Waals surface area contributed by atoms with Gasteiger partial charge in [0.15, 0.2) is 0 Å². The number of ether oxygens (including phenoxy) is 2. The number of hydrogen-bond donors (Lipinski definition) is 0. The summed E-state index contributed by atoms with van der Waals surface area (Å²) in [6, 6.07) is 0. The zero-order valence-electron chi connectivity index (χ0n) is 8.95. The fraction of sp³-hybridized carbons (Fsp3) is 0.818. The Morgan fingerprint density at radius 3 is 2.67 bits per heavy atom. The van der Waals surface area contributed by atoms with Crippen LogP contribution in [0.3, 0.4) is 0 Å². The summed E-state index contributed by atoms with van der Waals surface area (Å²) in [5, 5.41) is 0. The Morgan fingerprint density at radius 2 is 2.07 bits per heavy atom. The smallest absolute Gasteiger partial charge is 0.313 e. The molecule has 2 aliphatic rings. The van der Waals surface area contributed by atoms with E-state index in [-0.39, 0.29) is 24.3 Å². The lowest BCUT2D eigenvalue weighted by atomic mass is 9.76. The molecule has 1 aliphatic carbocycles. The quantitative estimate of drug-likeness (QED) is 0.617. The first-order valence-corrected chi connectivity index (χ1v) is 5.48. The topological polar surface area (TPSA) is 52.6 Å². The second-order valence-corrected chi connectivity index (χ2v) is 4.38. The highest BCUT2D eigenvalue weighted by molar-refractivity contribution is 5.84. The fourth-order valence-corrected chi connectivity index (χ4v) is 2.73. The van der Waals surface area contributed by atoms with Gasteiger partial charge in [-0.25, -0.2) is 0 Å². The van der Waals surface area contributed by atoms with E-state index in [1.807, 2.05) is 0 Å². The van der Waals surface area contributed by atoms with Crippen LogP contribution in [0.5, 0.6) is 0 Å². The van der Waals surface area contributed by atoms with Gasteiger partial charge in [0.1, 0.15) is 11.5 Å². The van der Waals surface area contributed by atoms with Crippen molar-refractivity contribution in [1.29, 1.82) is 0 Å². The number of hydrogen-bond acceptors (Lipinski definition) is 4. The van der Waals surface area contributed by atoms with Crippen molar-refractivity contribution in [3.63, 3.8) is 0 Å². The predicted molar refractivity (Wildman–Crippen MR) is 52.0 cm³/mol. The van der Waals surface area contributed by atoms with Gasteiger partial charge >= 0.3 is 11.9 Å². The van der Waals surface area contributed by atoms with Crippen molar-refractivity contribution in [3.8, 4) is 0 Å². The van der Waals surface area contributed by atoms with Crippen molar-refractivity contribution in [1.82, 2.24) is 0 Å². The zero-order chi connectivity index (χ0) is 10.9. The minimum absolute atomic E-state index is 0.187. The maximum absolute atomic E-state index is 11.6. The first-order chi connectivity index (χ1) is 7.18. The summed E-state index contributed by atoms with van der Waals surface area (Å²) >= 11 is 0. The molecule has 4 heteroatoms. The number of esters is 2. The number of carbonyl (C=O) groups excluding carboxylic acids is 2. The zero-order valence-corrected chi connectivity index (χ0v) is 8.95. The molecule has 2 rings (SSSR count). The molecule has 15 heavy (non-hydrogen) atoms. The summed E-state index contributed by atoms with van der Waals surface area (Å²) < 4.78 is 10.1. The van der Waals surface area contributed by atoms with Gasteiger partial charge in [-0.3, -0.25) is 9.59 Å². The van der Waals surface area contributed by atoms with Crippen LogP contribution < -0.4 is 0 Å². The van der Waals surface area contributed by atoms with Crippen molar-refractivity contribution in [2.24, 2.45) is 5.92 Å². The van der Waals surface area contributed by atoms with E-state index in [0.717, 1.165) is 32.1 Å². The largest absolute Gasteiger partial charge is 0.469 e. The van der Waals surface area contributed by atoms with Crippen molar-refractivity contribution < 1.29 is 19.1 Å². The molecule has 0 amide bonds. The first-order valence-electron chi connectivity index (χ1n) is 5.48. The van der Waals surface area contributed by atoms with Crippen LogP contribution in [-0.2, 0) is 19.1 Å². The summed E-state index contributed by atoms with van der Waals surface area (Å²) in [6.45, 7) is 0. The highest BCUT2D eigenvalue weighted by Gasteiger charge is 2.53. The molecule has 4 nitrogen and oxygen atoms in total. The average Bonchev–Trinajstić information content (AvgIpc) is 2.55. The summed E-state index contributed by atoms with van der Waals surface area (Å²) in [7, 11) is 1.36. The van der Waals surface area contributed by atoms with Crippen molar-refractivity contribution in [2.75, 3.05) is 7.11 Å². The van der Waals surface area contributed by atoms with Crippen LogP contribution in [0.1, 0.15) is 38.5 Å². The second kappa shape index (κ2) is 3.83. The Hall–Kier alpha value is -1.06. The van der Waals surface area contributed by atoms with Crippen molar-refractivity contribution in [2.45, 2.75) is 44.1 Å². The highest BCUT2D eigenvalue weighted by Crippen LogP contribution is 2.44. The van der Waals surface area contributed by atoms with E-state index in [0.29, 0.717) is 0 Å². The Balaban J connectivity index is 2.19. The third-order valence-electron chi connectivity index (χ3n) is 3.51. The van der Waals surface area contributed by atoms with Crippen molar-refractivity contribution >= 4 is 11.9 Å². The molecule has 1 saturated heterocycles. The van der Waals surface area contributed by atoms with Gasteiger partial charge in [0.05, 0.1) is 13.5 Å². The summed E-state index contributed by atoms with van der Waals surface area (Å²) in [6.07, 6.45) is 5.01. The number of carbonyl (C=O) groups is 2. The Bertz CT molecular complexity index is 278. The van der Waals surface area contributed by atoms with E-state index in [1.165, 1.54) is 7.11 Å². The molecule has 0 aromatic heterocycles. The maximum Gasteiger partial charge on any atom is 0.313 e. The molecule has 1 aliphatic heterocycles. The van der Waals surface area contributed by atoms with E-state index < -0.39 is 5.60 Å². The van der Waals surface area contributed by atoms with Gasteiger partial charge in [-0.2, -0.15) is 0 Å². The molecule has 0 N–H and O–H groups in total. The van der Waals surface area contributed by atoms with Gasteiger partial charge < -0.3 is 9.47 Å². The molecular formula is C11H16O4. The molecule has 1 spiro atoms. The predicted octanol–water partition coefficient (Wildman–Crippen LogP) is 1.43. The lowest BCUT2D eigenvalue weighted by molar-refractivity contribution is -0.159. The standard InChI is InChI=1S/C11H16O4/c1-14-10(13)8-7-9(12)15-11(8)5-3-2-4-6-11/h8H,2-7H2,1H3. The summed E-state index contributed by atoms with van der Waals surface area (Å²) in [4.78, 5) is 22.9. The Morgan fingerprint density at radius 1 is 1.40 bits per heavy atom. The van der Waals surface area contributed by atoms with E-state index >= 15 is 0 Å². The SMILES string of the molecule is COC(=O)C1CC(=O)OC12CCCCC2. The van der Waals surface area contributed by atoms with Gasteiger partial charge in [-0.1, -0.05) is 6.42 Å². The first kappa shape index (κ1) is 10.5. The van der Waals surface area contributed by atoms with Gasteiger partial charge in [0.2, 0.25) is 0 Å². The number of methoxy groups -OCH3 is 1. The van der Waals surface area contributed by atoms with Gasteiger partial charge in [-0.15, -0.1) is 0 Å². The third kappa shape index (κ3) is 1.73. The normalized spacial score (nSPS) is 28.9. The molecule has 1 unspecified atom stereocenters. The minimum Gasteiger partial charge on any atom is -0.469 e. The maximum atomic E-state index is 11.6. The van der Waals surface area contributed by atoms with Crippen LogP contribution in [0.25, 0.3) is 0 Å². The van der Waals surface area contributed by atoms with Crippen LogP contribution in [-0.4, -0.2) is 24.6 Å². The van der Waals surface area contributed by atoms with Gasteiger partial charge in [0.25, 0.3) is 0 Å². The van der Waals surface area contributed by atoms with Crippen molar-refractivity contribution in [3.05, 3.63) is 0 Å². The molecule has 1 atom stereocenters. The van der Waals surface area contributed by atoms with E-state index in [1.54, 1.807) is 0 Å². The highest BCUT2D eigenvalue weighted by atomic mass is 16.6. The Kier molecular flexibility index (Phi) is 2.67. The van der Waals surface area contributed by atoms with Crippen LogP contribution in [0.4, 0.5) is 0 Å². The van der Waals surface area contributed by atoms with Crippen LogP contribution in [0.2, 0.25) is 0 Å². The third-order valence-corrected chi connectivity index (χ3v) is 3.51. The minimum atomic E-state index is -0.539. The molecule has 0 aromatic rings. The molecule has 0 bridgehead atoms. The fourth-order valence-electron chi connectivity index (χ4n) is 2.73. The number of rotatable bonds is 1. The van der Waals surface area contributed by atoms with E-state index in [2.05, 4.69) is 0 Å². The molecule has 0 aromatic carbocycles. The second-order valence-electron chi connectivity index (χ2n) is 4.38. The summed E-state index contributed by atoms with van der Waals surface area (Å²) in [5.41, 5.74) is -0.539. The molecule has 84 valence electrons. The molecular weight excluding hydrogens is 196 g/mol. The van der Waals surface area contributed by atoms with E-state index in [4.69, 9.17) is 9.47 Å². The lowest BCUT2D eigenvalue weighted by Crippen LogP contribution is -2.41. The monoisotopic (exact) mass is 212 g/mol. The molecule has 1 saturated carbocycles. The van der Waals surface area contributed by atoms with Crippen LogP contribution >= 0.6 is 0 Å². The average molecular weight is 212 g/mol. The van der Waals surface area contributed by atoms with Crippen LogP contribution in [0.15, 0.2) is 0 Å². The summed E-state index contributed by atoms with van der Waals surface area (Å²) in [5.74, 6) is -0.939. The molecule has 2 fully saturated rings. The lowest BCUT2D eigenvalue weighted by Gasteiger charge is -2.35. The molecule has 0 radical (unpaired) electrons. The molecule has 1 heterocycles. The van der Waals surface area contributed by atoms with E-state index in [9.17, 15) is 9.59 Å². The van der Waals surface area contributed by atoms with Gasteiger partial charge in [-0.05, 0) is 25.7 Å². The van der Waals surface area contributed by atoms with Gasteiger partial charge in [0, 0.05) is 0 Å². The van der Waals surface area contributed by atoms with Crippen LogP contribution in [0, 0.1) is 5.92 Å².